The molecule has 1 atom stereocenters. The van der Waals surface area contributed by atoms with Crippen LogP contribution in [0.25, 0.3) is 10.8 Å². The number of rotatable bonds is 4. The molecule has 2 aromatic carbocycles. The van der Waals surface area contributed by atoms with Crippen molar-refractivity contribution in [1.82, 2.24) is 10.2 Å². The summed E-state index contributed by atoms with van der Waals surface area (Å²) in [7, 11) is 1.91. The highest BCUT2D eigenvalue weighted by molar-refractivity contribution is 5.90. The Morgan fingerprint density at radius 3 is 2.86 bits per heavy atom. The van der Waals surface area contributed by atoms with Crippen LogP contribution in [-0.4, -0.2) is 37.0 Å². The van der Waals surface area contributed by atoms with Crippen molar-refractivity contribution in [2.45, 2.75) is 25.3 Å². The number of hydrogen-bond donors (Lipinski definition) is 1. The molecule has 0 saturated carbocycles. The predicted octanol–water partition coefficient (Wildman–Crippen LogP) is 2.59. The van der Waals surface area contributed by atoms with Crippen molar-refractivity contribution in [2.24, 2.45) is 0 Å². The number of carbonyl (C=O) groups excluding carboxylic acids is 1. The molecule has 2 aromatic rings. The summed E-state index contributed by atoms with van der Waals surface area (Å²) in [5.74, 6) is 0.194. The van der Waals surface area contributed by atoms with Gasteiger partial charge < -0.3 is 10.2 Å². The minimum atomic E-state index is 0.194. The molecular formula is C18H22N2O. The van der Waals surface area contributed by atoms with Gasteiger partial charge in [0.15, 0.2) is 0 Å². The highest BCUT2D eigenvalue weighted by Gasteiger charge is 2.19. The standard InChI is InChI=1S/C18H22N2O/c1-20(13-16-9-5-11-19-16)18(21)12-15-8-4-7-14-6-2-3-10-17(14)15/h2-4,6-8,10,16,19H,5,9,11-13H2,1H3. The highest BCUT2D eigenvalue weighted by Crippen LogP contribution is 2.19. The second kappa shape index (κ2) is 6.27. The summed E-state index contributed by atoms with van der Waals surface area (Å²) in [6.45, 7) is 1.89. The fraction of sp³-hybridized carbons (Fsp3) is 0.389. The SMILES string of the molecule is CN(CC1CCCN1)C(=O)Cc1cccc2ccccc12. The second-order valence-electron chi connectivity index (χ2n) is 5.88. The topological polar surface area (TPSA) is 32.3 Å². The van der Waals surface area contributed by atoms with Gasteiger partial charge in [0.25, 0.3) is 0 Å². The Balaban J connectivity index is 1.70. The minimum absolute atomic E-state index is 0.194. The number of benzene rings is 2. The van der Waals surface area contributed by atoms with Gasteiger partial charge in [-0.15, -0.1) is 0 Å². The summed E-state index contributed by atoms with van der Waals surface area (Å²) in [4.78, 5) is 14.3. The van der Waals surface area contributed by atoms with Crippen LogP contribution in [0.1, 0.15) is 18.4 Å². The Morgan fingerprint density at radius 2 is 2.05 bits per heavy atom. The third-order valence-electron chi connectivity index (χ3n) is 4.30. The maximum atomic E-state index is 12.4. The van der Waals surface area contributed by atoms with E-state index in [0.29, 0.717) is 12.5 Å². The Morgan fingerprint density at radius 1 is 1.24 bits per heavy atom. The van der Waals surface area contributed by atoms with E-state index in [4.69, 9.17) is 0 Å². The number of likely N-dealkylation sites (N-methyl/N-ethyl adjacent to an activating group) is 1. The van der Waals surface area contributed by atoms with Crippen LogP contribution in [0.3, 0.4) is 0 Å². The van der Waals surface area contributed by atoms with Crippen molar-refractivity contribution >= 4 is 16.7 Å². The van der Waals surface area contributed by atoms with Crippen LogP contribution in [0.15, 0.2) is 42.5 Å². The molecule has 3 nitrogen and oxygen atoms in total. The molecule has 3 rings (SSSR count). The summed E-state index contributed by atoms with van der Waals surface area (Å²) in [6.07, 6.45) is 2.87. The van der Waals surface area contributed by atoms with Gasteiger partial charge in [-0.3, -0.25) is 4.79 Å². The average molecular weight is 282 g/mol. The molecule has 0 aromatic heterocycles. The van der Waals surface area contributed by atoms with Crippen LogP contribution >= 0.6 is 0 Å². The van der Waals surface area contributed by atoms with Gasteiger partial charge in [-0.1, -0.05) is 42.5 Å². The summed E-state index contributed by atoms with van der Waals surface area (Å²) in [6, 6.07) is 14.9. The van der Waals surface area contributed by atoms with Gasteiger partial charge in [-0.2, -0.15) is 0 Å². The fourth-order valence-electron chi connectivity index (χ4n) is 3.09. The maximum absolute atomic E-state index is 12.4. The van der Waals surface area contributed by atoms with E-state index in [-0.39, 0.29) is 5.91 Å². The van der Waals surface area contributed by atoms with Crippen LogP contribution in [0.2, 0.25) is 0 Å². The first-order chi connectivity index (χ1) is 10.2. The van der Waals surface area contributed by atoms with Crippen molar-refractivity contribution in [1.29, 1.82) is 0 Å². The fourth-order valence-corrected chi connectivity index (χ4v) is 3.09. The zero-order valence-electron chi connectivity index (χ0n) is 12.5. The predicted molar refractivity (Wildman–Crippen MR) is 86.3 cm³/mol. The largest absolute Gasteiger partial charge is 0.344 e. The van der Waals surface area contributed by atoms with E-state index >= 15 is 0 Å². The number of nitrogens with zero attached hydrogens (tertiary/aromatic N) is 1. The molecule has 1 aliphatic heterocycles. The smallest absolute Gasteiger partial charge is 0.226 e. The van der Waals surface area contributed by atoms with Gasteiger partial charge in [0.2, 0.25) is 5.91 Å². The first-order valence-electron chi connectivity index (χ1n) is 7.68. The zero-order valence-corrected chi connectivity index (χ0v) is 12.5. The molecule has 0 aliphatic carbocycles. The van der Waals surface area contributed by atoms with Crippen molar-refractivity contribution in [2.75, 3.05) is 20.1 Å². The van der Waals surface area contributed by atoms with Gasteiger partial charge in [-0.25, -0.2) is 0 Å². The lowest BCUT2D eigenvalue weighted by Gasteiger charge is -2.21. The second-order valence-corrected chi connectivity index (χ2v) is 5.88. The van der Waals surface area contributed by atoms with Crippen molar-refractivity contribution in [3.63, 3.8) is 0 Å². The molecule has 3 heteroatoms. The van der Waals surface area contributed by atoms with Crippen LogP contribution in [-0.2, 0) is 11.2 Å². The number of fused-ring (bicyclic) bond motifs is 1. The summed E-state index contributed by atoms with van der Waals surface area (Å²) in [5, 5.41) is 5.82. The van der Waals surface area contributed by atoms with Gasteiger partial charge in [0.05, 0.1) is 6.42 Å². The Kier molecular flexibility index (Phi) is 4.20. The third-order valence-corrected chi connectivity index (χ3v) is 4.30. The molecule has 1 amide bonds. The number of carbonyl (C=O) groups is 1. The van der Waals surface area contributed by atoms with Crippen molar-refractivity contribution < 1.29 is 4.79 Å². The first-order valence-corrected chi connectivity index (χ1v) is 7.68. The highest BCUT2D eigenvalue weighted by atomic mass is 16.2. The number of amides is 1. The quantitative estimate of drug-likeness (QED) is 0.935. The molecule has 1 aliphatic rings. The number of hydrogen-bond acceptors (Lipinski definition) is 2. The molecule has 0 bridgehead atoms. The lowest BCUT2D eigenvalue weighted by molar-refractivity contribution is -0.129. The van der Waals surface area contributed by atoms with Gasteiger partial charge >= 0.3 is 0 Å². The third kappa shape index (κ3) is 3.24. The summed E-state index contributed by atoms with van der Waals surface area (Å²) < 4.78 is 0. The lowest BCUT2D eigenvalue weighted by Crippen LogP contribution is -2.39. The van der Waals surface area contributed by atoms with Crippen LogP contribution in [0.4, 0.5) is 0 Å². The molecule has 0 spiro atoms. The van der Waals surface area contributed by atoms with E-state index < -0.39 is 0 Å². The van der Waals surface area contributed by atoms with Gasteiger partial charge in [-0.05, 0) is 35.7 Å². The van der Waals surface area contributed by atoms with E-state index in [1.807, 2.05) is 30.1 Å². The lowest BCUT2D eigenvalue weighted by atomic mass is 10.0. The molecule has 1 N–H and O–H groups in total. The van der Waals surface area contributed by atoms with Crippen LogP contribution in [0.5, 0.6) is 0 Å². The van der Waals surface area contributed by atoms with Gasteiger partial charge in [0.1, 0.15) is 0 Å². The van der Waals surface area contributed by atoms with Crippen molar-refractivity contribution in [3.05, 3.63) is 48.0 Å². The van der Waals surface area contributed by atoms with Crippen LogP contribution in [0, 0.1) is 0 Å². The molecule has 1 saturated heterocycles. The summed E-state index contributed by atoms with van der Waals surface area (Å²) in [5.41, 5.74) is 1.12. The number of nitrogens with one attached hydrogen (secondary N) is 1. The molecule has 110 valence electrons. The van der Waals surface area contributed by atoms with E-state index in [1.54, 1.807) is 0 Å². The van der Waals surface area contributed by atoms with Gasteiger partial charge in [0, 0.05) is 19.6 Å². The molecular weight excluding hydrogens is 260 g/mol. The average Bonchev–Trinajstić information content (AvgIpc) is 3.00. The molecule has 0 radical (unpaired) electrons. The van der Waals surface area contributed by atoms with E-state index in [0.717, 1.165) is 18.7 Å². The minimum Gasteiger partial charge on any atom is -0.344 e. The maximum Gasteiger partial charge on any atom is 0.226 e. The zero-order chi connectivity index (χ0) is 14.7. The normalized spacial score (nSPS) is 18.0. The Bertz CT molecular complexity index is 627. The van der Waals surface area contributed by atoms with E-state index in [1.165, 1.54) is 23.6 Å². The molecule has 1 unspecified atom stereocenters. The monoisotopic (exact) mass is 282 g/mol. The summed E-state index contributed by atoms with van der Waals surface area (Å²) >= 11 is 0. The van der Waals surface area contributed by atoms with Crippen molar-refractivity contribution in [3.8, 4) is 0 Å². The van der Waals surface area contributed by atoms with E-state index in [2.05, 4.69) is 29.6 Å². The molecule has 21 heavy (non-hydrogen) atoms. The van der Waals surface area contributed by atoms with E-state index in [9.17, 15) is 4.79 Å². The Labute approximate surface area is 125 Å². The molecule has 1 fully saturated rings. The van der Waals surface area contributed by atoms with Crippen LogP contribution < -0.4 is 5.32 Å². The Hall–Kier alpha value is -1.87. The molecule has 1 heterocycles. The first kappa shape index (κ1) is 14.1.